The molecule has 0 bridgehead atoms. The van der Waals surface area contributed by atoms with E-state index < -0.39 is 16.1 Å². The fraction of sp³-hybridized carbons (Fsp3) is 0.278. The molecule has 8 heteroatoms. The Balaban J connectivity index is 2.05. The molecule has 2 rings (SSSR count). The summed E-state index contributed by atoms with van der Waals surface area (Å²) in [5, 5.41) is 3.30. The van der Waals surface area contributed by atoms with E-state index in [2.05, 4.69) is 5.32 Å². The Bertz CT molecular complexity index is 896. The number of carbonyl (C=O) groups excluding carboxylic acids is 1. The van der Waals surface area contributed by atoms with Gasteiger partial charge in [-0.15, -0.1) is 0 Å². The molecule has 26 heavy (non-hydrogen) atoms. The molecule has 0 heterocycles. The fourth-order valence-corrected chi connectivity index (χ4v) is 3.28. The van der Waals surface area contributed by atoms with Crippen LogP contribution in [0, 0.1) is 6.92 Å². The Hall–Kier alpha value is -2.09. The Morgan fingerprint density at radius 3 is 2.31 bits per heavy atom. The van der Waals surface area contributed by atoms with Crippen LogP contribution in [0.1, 0.15) is 12.5 Å². The van der Waals surface area contributed by atoms with Gasteiger partial charge in [0.25, 0.3) is 5.91 Å². The van der Waals surface area contributed by atoms with Crippen molar-refractivity contribution >= 4 is 33.2 Å². The first-order valence-corrected chi connectivity index (χ1v) is 9.69. The van der Waals surface area contributed by atoms with Gasteiger partial charge in [0.15, 0.2) is 6.10 Å². The number of anilines is 1. The summed E-state index contributed by atoms with van der Waals surface area (Å²) in [5.74, 6) is 0.229. The first-order valence-electron chi connectivity index (χ1n) is 7.87. The van der Waals surface area contributed by atoms with Crippen molar-refractivity contribution in [3.05, 3.63) is 53.1 Å². The van der Waals surface area contributed by atoms with E-state index in [-0.39, 0.29) is 10.8 Å². The number of nitrogens with zero attached hydrogens (tertiary/aromatic N) is 1. The number of ether oxygens (including phenoxy) is 1. The van der Waals surface area contributed by atoms with E-state index in [0.29, 0.717) is 16.5 Å². The number of benzene rings is 2. The Morgan fingerprint density at radius 1 is 1.15 bits per heavy atom. The van der Waals surface area contributed by atoms with Crippen molar-refractivity contribution in [2.24, 2.45) is 0 Å². The molecule has 0 unspecified atom stereocenters. The molecule has 140 valence electrons. The molecule has 1 amide bonds. The van der Waals surface area contributed by atoms with Gasteiger partial charge in [-0.2, -0.15) is 0 Å². The largest absolute Gasteiger partial charge is 0.481 e. The third kappa shape index (κ3) is 4.75. The molecule has 6 nitrogen and oxygen atoms in total. The van der Waals surface area contributed by atoms with Crippen LogP contribution in [0.25, 0.3) is 0 Å². The summed E-state index contributed by atoms with van der Waals surface area (Å²) >= 11 is 5.91. The van der Waals surface area contributed by atoms with Crippen LogP contribution in [0.5, 0.6) is 5.75 Å². The molecular weight excluding hydrogens is 376 g/mol. The number of carbonyl (C=O) groups is 1. The van der Waals surface area contributed by atoms with Gasteiger partial charge in [0, 0.05) is 24.8 Å². The molecule has 1 N–H and O–H groups in total. The summed E-state index contributed by atoms with van der Waals surface area (Å²) in [7, 11) is -0.580. The van der Waals surface area contributed by atoms with E-state index in [9.17, 15) is 13.2 Å². The monoisotopic (exact) mass is 396 g/mol. The average molecular weight is 397 g/mol. The zero-order chi connectivity index (χ0) is 19.5. The SMILES string of the molecule is Cc1cc(Cl)ccc1O[C@H](C)C(=O)Nc1ccc(S(=O)(=O)N(C)C)cc1. The Labute approximate surface area is 158 Å². The molecule has 1 atom stereocenters. The lowest BCUT2D eigenvalue weighted by molar-refractivity contribution is -0.122. The molecule has 0 aliphatic heterocycles. The highest BCUT2D eigenvalue weighted by molar-refractivity contribution is 7.89. The number of aryl methyl sites for hydroxylation is 1. The van der Waals surface area contributed by atoms with Gasteiger partial charge in [0.05, 0.1) is 4.90 Å². The summed E-state index contributed by atoms with van der Waals surface area (Å²) < 4.78 is 30.9. The number of amides is 1. The van der Waals surface area contributed by atoms with E-state index in [1.54, 1.807) is 25.1 Å². The third-order valence-electron chi connectivity index (χ3n) is 3.71. The Kier molecular flexibility index (Phi) is 6.28. The summed E-state index contributed by atoms with van der Waals surface area (Å²) in [6.07, 6.45) is -0.736. The lowest BCUT2D eigenvalue weighted by atomic mass is 10.2. The van der Waals surface area contributed by atoms with Crippen LogP contribution in [-0.4, -0.2) is 38.8 Å². The highest BCUT2D eigenvalue weighted by atomic mass is 35.5. The van der Waals surface area contributed by atoms with Crippen molar-refractivity contribution in [1.29, 1.82) is 0 Å². The predicted octanol–water partition coefficient (Wildman–Crippen LogP) is 3.30. The van der Waals surface area contributed by atoms with Gasteiger partial charge in [0.2, 0.25) is 10.0 Å². The van der Waals surface area contributed by atoms with E-state index in [1.807, 2.05) is 6.92 Å². The van der Waals surface area contributed by atoms with E-state index in [0.717, 1.165) is 9.87 Å². The maximum absolute atomic E-state index is 12.3. The second-order valence-electron chi connectivity index (χ2n) is 5.97. The number of sulfonamides is 1. The van der Waals surface area contributed by atoms with E-state index in [1.165, 1.54) is 38.4 Å². The van der Waals surface area contributed by atoms with Gasteiger partial charge in [-0.25, -0.2) is 12.7 Å². The van der Waals surface area contributed by atoms with Crippen molar-refractivity contribution in [2.75, 3.05) is 19.4 Å². The highest BCUT2D eigenvalue weighted by Crippen LogP contribution is 2.23. The minimum Gasteiger partial charge on any atom is -0.481 e. The second kappa shape index (κ2) is 8.07. The van der Waals surface area contributed by atoms with Crippen LogP contribution in [0.3, 0.4) is 0 Å². The van der Waals surface area contributed by atoms with Gasteiger partial charge in [-0.3, -0.25) is 4.79 Å². The zero-order valence-corrected chi connectivity index (χ0v) is 16.6. The lowest BCUT2D eigenvalue weighted by Gasteiger charge is -2.17. The smallest absolute Gasteiger partial charge is 0.265 e. The van der Waals surface area contributed by atoms with E-state index >= 15 is 0 Å². The van der Waals surface area contributed by atoms with Crippen molar-refractivity contribution in [1.82, 2.24) is 4.31 Å². The summed E-state index contributed by atoms with van der Waals surface area (Å²) in [4.78, 5) is 12.5. The minimum atomic E-state index is -3.50. The van der Waals surface area contributed by atoms with Crippen LogP contribution < -0.4 is 10.1 Å². The van der Waals surface area contributed by atoms with Crippen LogP contribution in [0.4, 0.5) is 5.69 Å². The molecule has 0 saturated heterocycles. The van der Waals surface area contributed by atoms with Gasteiger partial charge in [-0.05, 0) is 61.9 Å². The first-order chi connectivity index (χ1) is 12.1. The number of rotatable bonds is 6. The molecule has 0 radical (unpaired) electrons. The molecule has 0 aliphatic rings. The van der Waals surface area contributed by atoms with Crippen LogP contribution >= 0.6 is 11.6 Å². The molecule has 0 aromatic heterocycles. The quantitative estimate of drug-likeness (QED) is 0.812. The highest BCUT2D eigenvalue weighted by Gasteiger charge is 2.18. The van der Waals surface area contributed by atoms with Gasteiger partial charge in [0.1, 0.15) is 5.75 Å². The number of hydrogen-bond acceptors (Lipinski definition) is 4. The molecular formula is C18H21ClN2O4S. The number of nitrogens with one attached hydrogen (secondary N) is 1. The molecule has 0 fully saturated rings. The van der Waals surface area contributed by atoms with Gasteiger partial charge >= 0.3 is 0 Å². The normalized spacial score (nSPS) is 12.7. The Morgan fingerprint density at radius 2 is 1.77 bits per heavy atom. The van der Waals surface area contributed by atoms with Crippen molar-refractivity contribution in [2.45, 2.75) is 24.8 Å². The van der Waals surface area contributed by atoms with Crippen LogP contribution in [-0.2, 0) is 14.8 Å². The first kappa shape index (κ1) is 20.2. The second-order valence-corrected chi connectivity index (χ2v) is 8.56. The van der Waals surface area contributed by atoms with Crippen LogP contribution in [0.15, 0.2) is 47.4 Å². The van der Waals surface area contributed by atoms with E-state index in [4.69, 9.17) is 16.3 Å². The van der Waals surface area contributed by atoms with Crippen molar-refractivity contribution in [3.8, 4) is 5.75 Å². The number of halogens is 1. The maximum Gasteiger partial charge on any atom is 0.265 e. The topological polar surface area (TPSA) is 75.7 Å². The maximum atomic E-state index is 12.3. The summed E-state index contributed by atoms with van der Waals surface area (Å²) in [6, 6.07) is 11.1. The molecule has 0 aliphatic carbocycles. The standard InChI is InChI=1S/C18H21ClN2O4S/c1-12-11-14(19)5-10-17(12)25-13(2)18(22)20-15-6-8-16(9-7-15)26(23,24)21(3)4/h5-11,13H,1-4H3,(H,20,22)/t13-/m1/s1. The molecule has 0 spiro atoms. The minimum absolute atomic E-state index is 0.154. The zero-order valence-electron chi connectivity index (χ0n) is 15.0. The molecule has 2 aromatic carbocycles. The predicted molar refractivity (Wildman–Crippen MR) is 102 cm³/mol. The fourth-order valence-electron chi connectivity index (χ4n) is 2.15. The van der Waals surface area contributed by atoms with Gasteiger partial charge < -0.3 is 10.1 Å². The summed E-state index contributed by atoms with van der Waals surface area (Å²) in [5.41, 5.74) is 1.31. The average Bonchev–Trinajstić information content (AvgIpc) is 2.57. The van der Waals surface area contributed by atoms with Crippen LogP contribution in [0.2, 0.25) is 5.02 Å². The molecule has 2 aromatic rings. The number of hydrogen-bond donors (Lipinski definition) is 1. The van der Waals surface area contributed by atoms with Gasteiger partial charge in [-0.1, -0.05) is 11.6 Å². The molecule has 0 saturated carbocycles. The van der Waals surface area contributed by atoms with Crippen molar-refractivity contribution < 1.29 is 17.9 Å². The van der Waals surface area contributed by atoms with Crippen molar-refractivity contribution in [3.63, 3.8) is 0 Å². The summed E-state index contributed by atoms with van der Waals surface area (Å²) in [6.45, 7) is 3.48. The third-order valence-corrected chi connectivity index (χ3v) is 5.77. The lowest BCUT2D eigenvalue weighted by Crippen LogP contribution is -2.30.